The van der Waals surface area contributed by atoms with Gasteiger partial charge >= 0.3 is 6.18 Å². The average molecular weight is 422 g/mol. The van der Waals surface area contributed by atoms with E-state index in [0.29, 0.717) is 6.04 Å². The maximum absolute atomic E-state index is 12.9. The number of anilines is 1. The quantitative estimate of drug-likeness (QED) is 0.802. The van der Waals surface area contributed by atoms with Gasteiger partial charge in [-0.05, 0) is 36.8 Å². The monoisotopic (exact) mass is 421 g/mol. The van der Waals surface area contributed by atoms with Gasteiger partial charge in [-0.1, -0.05) is 11.6 Å². The molecule has 0 aromatic heterocycles. The van der Waals surface area contributed by atoms with Crippen LogP contribution in [0.4, 0.5) is 18.9 Å². The summed E-state index contributed by atoms with van der Waals surface area (Å²) in [6.07, 6.45) is -2.05. The topological polar surface area (TPSA) is 35.6 Å². The fourth-order valence-electron chi connectivity index (χ4n) is 3.52. The van der Waals surface area contributed by atoms with Gasteiger partial charge < -0.3 is 5.32 Å². The number of thioether (sulfide) groups is 1. The van der Waals surface area contributed by atoms with Crippen molar-refractivity contribution in [3.05, 3.63) is 28.8 Å². The fraction of sp³-hybridized carbons (Fsp3) is 0.611. The summed E-state index contributed by atoms with van der Waals surface area (Å²) >= 11 is 7.61. The Labute approximate surface area is 166 Å². The van der Waals surface area contributed by atoms with Gasteiger partial charge in [0.05, 0.1) is 17.1 Å². The third kappa shape index (κ3) is 5.76. The van der Waals surface area contributed by atoms with Gasteiger partial charge in [0.1, 0.15) is 0 Å². The predicted molar refractivity (Wildman–Crippen MR) is 103 cm³/mol. The van der Waals surface area contributed by atoms with Crippen LogP contribution in [0.3, 0.4) is 0 Å². The predicted octanol–water partition coefficient (Wildman–Crippen LogP) is 3.81. The molecule has 2 aliphatic rings. The number of alkyl halides is 3. The minimum Gasteiger partial charge on any atom is -0.325 e. The van der Waals surface area contributed by atoms with Crippen LogP contribution < -0.4 is 5.32 Å². The number of halogens is 4. The second-order valence-electron chi connectivity index (χ2n) is 6.92. The lowest BCUT2D eigenvalue weighted by Crippen LogP contribution is -2.52. The van der Waals surface area contributed by atoms with Crippen LogP contribution in [-0.4, -0.2) is 66.0 Å². The van der Waals surface area contributed by atoms with Gasteiger partial charge in [-0.3, -0.25) is 14.6 Å². The van der Waals surface area contributed by atoms with E-state index in [-0.39, 0.29) is 23.2 Å². The molecule has 1 atom stereocenters. The molecule has 0 unspecified atom stereocenters. The highest BCUT2D eigenvalue weighted by Gasteiger charge is 2.33. The van der Waals surface area contributed by atoms with Crippen molar-refractivity contribution in [2.75, 3.05) is 49.5 Å². The molecule has 3 rings (SSSR count). The second kappa shape index (κ2) is 9.03. The molecule has 1 N–H and O–H groups in total. The lowest BCUT2D eigenvalue weighted by atomic mass is 10.1. The van der Waals surface area contributed by atoms with E-state index >= 15 is 0 Å². The van der Waals surface area contributed by atoms with Gasteiger partial charge in [0, 0.05) is 43.7 Å². The summed E-state index contributed by atoms with van der Waals surface area (Å²) in [7, 11) is 0. The summed E-state index contributed by atoms with van der Waals surface area (Å²) in [6.45, 7) is 3.62. The lowest BCUT2D eigenvalue weighted by molar-refractivity contribution is -0.137. The maximum atomic E-state index is 12.9. The van der Waals surface area contributed by atoms with Crippen LogP contribution in [-0.2, 0) is 11.0 Å². The molecule has 0 radical (unpaired) electrons. The highest BCUT2D eigenvalue weighted by atomic mass is 35.5. The van der Waals surface area contributed by atoms with Crippen molar-refractivity contribution in [2.24, 2.45) is 0 Å². The van der Waals surface area contributed by atoms with Gasteiger partial charge in [0.15, 0.2) is 0 Å². The molecule has 0 bridgehead atoms. The number of piperazine rings is 1. The third-order valence-corrected chi connectivity index (χ3v) is 6.51. The zero-order valence-electron chi connectivity index (χ0n) is 14.9. The summed E-state index contributed by atoms with van der Waals surface area (Å²) in [5, 5.41) is 2.17. The summed E-state index contributed by atoms with van der Waals surface area (Å²) in [4.78, 5) is 16.8. The molecule has 2 saturated heterocycles. The summed E-state index contributed by atoms with van der Waals surface area (Å²) in [5.41, 5.74) is -0.837. The first-order valence-corrected chi connectivity index (χ1v) is 10.6. The Bertz CT molecular complexity index is 660. The van der Waals surface area contributed by atoms with Gasteiger partial charge in [-0.25, -0.2) is 0 Å². The van der Waals surface area contributed by atoms with Gasteiger partial charge in [0.25, 0.3) is 0 Å². The van der Waals surface area contributed by atoms with E-state index in [0.717, 1.165) is 38.3 Å². The van der Waals surface area contributed by atoms with Crippen molar-refractivity contribution in [2.45, 2.75) is 25.1 Å². The van der Waals surface area contributed by atoms with E-state index < -0.39 is 11.7 Å². The molecule has 2 fully saturated rings. The largest absolute Gasteiger partial charge is 0.417 e. The molecule has 4 nitrogen and oxygen atoms in total. The van der Waals surface area contributed by atoms with Crippen molar-refractivity contribution < 1.29 is 18.0 Å². The highest BCUT2D eigenvalue weighted by molar-refractivity contribution is 7.99. The Morgan fingerprint density at radius 1 is 1.26 bits per heavy atom. The first-order valence-electron chi connectivity index (χ1n) is 9.03. The van der Waals surface area contributed by atoms with Crippen LogP contribution in [0.5, 0.6) is 0 Å². The van der Waals surface area contributed by atoms with Gasteiger partial charge in [-0.2, -0.15) is 24.9 Å². The van der Waals surface area contributed by atoms with E-state index in [4.69, 9.17) is 11.6 Å². The molecule has 9 heteroatoms. The zero-order valence-corrected chi connectivity index (χ0v) is 16.5. The number of carbonyl (C=O) groups excluding carboxylic acids is 1. The van der Waals surface area contributed by atoms with Crippen LogP contribution in [0, 0.1) is 0 Å². The first kappa shape index (κ1) is 20.8. The van der Waals surface area contributed by atoms with Crippen LogP contribution in [0.2, 0.25) is 5.02 Å². The molecule has 2 heterocycles. The Morgan fingerprint density at radius 3 is 2.63 bits per heavy atom. The molecule has 0 saturated carbocycles. The van der Waals surface area contributed by atoms with Crippen molar-refractivity contribution >= 4 is 35.0 Å². The number of amides is 1. The van der Waals surface area contributed by atoms with E-state index in [9.17, 15) is 18.0 Å². The summed E-state index contributed by atoms with van der Waals surface area (Å²) in [5.74, 6) is 2.11. The first-order chi connectivity index (χ1) is 12.8. The molecular formula is C18H23ClF3N3OS. The SMILES string of the molecule is O=C(CN1CCN([C@@H]2CCCSC2)CC1)Nc1ccc(Cl)c(C(F)(F)F)c1. The van der Waals surface area contributed by atoms with Crippen LogP contribution in [0.1, 0.15) is 18.4 Å². The van der Waals surface area contributed by atoms with Crippen LogP contribution >= 0.6 is 23.4 Å². The molecule has 150 valence electrons. The fourth-order valence-corrected chi connectivity index (χ4v) is 4.93. The molecule has 1 aromatic carbocycles. The minimum absolute atomic E-state index is 0.106. The van der Waals surface area contributed by atoms with Gasteiger partial charge in [0.2, 0.25) is 5.91 Å². The number of hydrogen-bond donors (Lipinski definition) is 1. The number of nitrogens with zero attached hydrogens (tertiary/aromatic N) is 2. The number of rotatable bonds is 4. The number of benzene rings is 1. The minimum atomic E-state index is -4.55. The van der Waals surface area contributed by atoms with Crippen molar-refractivity contribution in [3.8, 4) is 0 Å². The molecular weight excluding hydrogens is 399 g/mol. The Morgan fingerprint density at radius 2 is 2.00 bits per heavy atom. The lowest BCUT2D eigenvalue weighted by Gasteiger charge is -2.40. The zero-order chi connectivity index (χ0) is 19.4. The van der Waals surface area contributed by atoms with E-state index in [1.54, 1.807) is 0 Å². The Balaban J connectivity index is 1.49. The smallest absolute Gasteiger partial charge is 0.325 e. The Kier molecular flexibility index (Phi) is 6.94. The number of nitrogens with one attached hydrogen (secondary N) is 1. The van der Waals surface area contributed by atoms with Crippen LogP contribution in [0.15, 0.2) is 18.2 Å². The number of hydrogen-bond acceptors (Lipinski definition) is 4. The van der Waals surface area contributed by atoms with E-state index in [1.165, 1.54) is 30.4 Å². The molecule has 2 aliphatic heterocycles. The molecule has 1 aromatic rings. The van der Waals surface area contributed by atoms with Crippen molar-refractivity contribution in [1.29, 1.82) is 0 Å². The molecule has 0 spiro atoms. The summed E-state index contributed by atoms with van der Waals surface area (Å²) < 4.78 is 38.8. The van der Waals surface area contributed by atoms with Crippen LogP contribution in [0.25, 0.3) is 0 Å². The van der Waals surface area contributed by atoms with Gasteiger partial charge in [-0.15, -0.1) is 0 Å². The molecule has 0 aliphatic carbocycles. The normalized spacial score (nSPS) is 22.6. The second-order valence-corrected chi connectivity index (χ2v) is 8.48. The highest BCUT2D eigenvalue weighted by Crippen LogP contribution is 2.36. The van der Waals surface area contributed by atoms with Crippen molar-refractivity contribution in [1.82, 2.24) is 9.80 Å². The molecule has 27 heavy (non-hydrogen) atoms. The summed E-state index contributed by atoms with van der Waals surface area (Å²) in [6, 6.07) is 4.04. The van der Waals surface area contributed by atoms with Crippen molar-refractivity contribution in [3.63, 3.8) is 0 Å². The molecule has 1 amide bonds. The van der Waals surface area contributed by atoms with E-state index in [1.807, 2.05) is 16.7 Å². The Hall–Kier alpha value is -0.960. The number of carbonyl (C=O) groups is 1. The average Bonchev–Trinajstić information content (AvgIpc) is 2.64. The standard InChI is InChI=1S/C18H23ClF3N3OS/c19-16-4-3-13(10-15(16)18(20,21)22)23-17(26)11-24-5-7-25(8-6-24)14-2-1-9-27-12-14/h3-4,10,14H,1-2,5-9,11-12H2,(H,23,26)/t14-/m1/s1. The maximum Gasteiger partial charge on any atom is 0.417 e. The van der Waals surface area contributed by atoms with E-state index in [2.05, 4.69) is 10.2 Å². The third-order valence-electron chi connectivity index (χ3n) is 4.98.